The van der Waals surface area contributed by atoms with Gasteiger partial charge >= 0.3 is 0 Å². The van der Waals surface area contributed by atoms with Crippen LogP contribution in [0, 0.1) is 0 Å². The summed E-state index contributed by atoms with van der Waals surface area (Å²) in [7, 11) is 0. The minimum Gasteiger partial charge on any atom is -0.268 e. The molecule has 0 saturated heterocycles. The summed E-state index contributed by atoms with van der Waals surface area (Å²) in [6, 6.07) is 0. The Morgan fingerprint density at radius 1 is 1.42 bits per heavy atom. The van der Waals surface area contributed by atoms with E-state index in [1.807, 2.05) is 0 Å². The molecular weight excluding hydrogens is 292 g/mol. The smallest absolute Gasteiger partial charge is 0.268 e. The second-order valence-electron chi connectivity index (χ2n) is 2.16. The summed E-state index contributed by atoms with van der Waals surface area (Å²) in [5.74, 6) is 0.236. The molecule has 2 aliphatic heterocycles. The van der Waals surface area contributed by atoms with Gasteiger partial charge in [-0.05, 0) is 15.9 Å². The first-order valence-electron chi connectivity index (χ1n) is 3.04. The van der Waals surface area contributed by atoms with Gasteiger partial charge in [0.15, 0.2) is 5.84 Å². The molecular formula is C5H2Br2N4O. The Balaban J connectivity index is 2.52. The third-order valence-electron chi connectivity index (χ3n) is 1.44. The summed E-state index contributed by atoms with van der Waals surface area (Å²) in [4.78, 5) is 15.4. The van der Waals surface area contributed by atoms with Crippen molar-refractivity contribution in [2.75, 3.05) is 6.67 Å². The molecule has 0 spiro atoms. The third kappa shape index (κ3) is 1.04. The monoisotopic (exact) mass is 292 g/mol. The van der Waals surface area contributed by atoms with Gasteiger partial charge in [0.25, 0.3) is 5.91 Å². The summed E-state index contributed by atoms with van der Waals surface area (Å²) >= 11 is 6.17. The van der Waals surface area contributed by atoms with Gasteiger partial charge in [0.1, 0.15) is 16.8 Å². The number of amidine groups is 1. The van der Waals surface area contributed by atoms with Crippen LogP contribution >= 0.6 is 32.1 Å². The van der Waals surface area contributed by atoms with E-state index in [-0.39, 0.29) is 12.6 Å². The van der Waals surface area contributed by atoms with Crippen molar-refractivity contribution >= 4 is 43.8 Å². The topological polar surface area (TPSA) is 57.4 Å². The molecule has 2 aliphatic rings. The first kappa shape index (κ1) is 8.06. The number of hydrogen-bond acceptors (Lipinski definition) is 4. The lowest BCUT2D eigenvalue weighted by molar-refractivity contribution is -0.121. The Morgan fingerprint density at radius 3 is 2.92 bits per heavy atom. The maximum atomic E-state index is 11.4. The number of halogens is 2. The molecule has 0 atom stereocenters. The van der Waals surface area contributed by atoms with Crippen LogP contribution < -0.4 is 0 Å². The molecule has 0 radical (unpaired) electrons. The number of nitrogens with zero attached hydrogens (tertiary/aromatic N) is 4. The van der Waals surface area contributed by atoms with Crippen molar-refractivity contribution in [3.63, 3.8) is 0 Å². The normalized spacial score (nSPS) is 21.7. The van der Waals surface area contributed by atoms with Crippen LogP contribution in [-0.4, -0.2) is 22.3 Å². The maximum Gasteiger partial charge on any atom is 0.272 e. The zero-order valence-corrected chi connectivity index (χ0v) is 8.83. The molecule has 12 heavy (non-hydrogen) atoms. The number of carbonyl (C=O) groups is 1. The van der Waals surface area contributed by atoms with Crippen LogP contribution in [0.5, 0.6) is 0 Å². The molecule has 0 saturated carbocycles. The molecule has 2 heterocycles. The average molecular weight is 294 g/mol. The lowest BCUT2D eigenvalue weighted by Crippen LogP contribution is -2.30. The molecule has 1 amide bonds. The molecule has 5 nitrogen and oxygen atoms in total. The van der Waals surface area contributed by atoms with E-state index in [0.29, 0.717) is 16.0 Å². The van der Waals surface area contributed by atoms with E-state index in [1.165, 1.54) is 3.93 Å². The standard InChI is InChI=1S/C5H2Br2N4O/c6-3-2-4(10-9-3)8-1-11(7)5(2)12/h1H2. The Hall–Kier alpha value is -0.560. The summed E-state index contributed by atoms with van der Waals surface area (Å²) < 4.78 is 1.76. The summed E-state index contributed by atoms with van der Waals surface area (Å²) in [6.07, 6.45) is 0. The minimum atomic E-state index is -0.170. The highest BCUT2D eigenvalue weighted by Crippen LogP contribution is 2.28. The first-order valence-corrected chi connectivity index (χ1v) is 4.54. The van der Waals surface area contributed by atoms with Crippen molar-refractivity contribution in [1.82, 2.24) is 3.93 Å². The van der Waals surface area contributed by atoms with Gasteiger partial charge in [-0.15, -0.1) is 10.2 Å². The van der Waals surface area contributed by atoms with Gasteiger partial charge in [-0.3, -0.25) is 8.72 Å². The van der Waals surface area contributed by atoms with Gasteiger partial charge in [0, 0.05) is 0 Å². The predicted octanol–water partition coefficient (Wildman–Crippen LogP) is 1.57. The van der Waals surface area contributed by atoms with Crippen LogP contribution in [0.2, 0.25) is 0 Å². The third-order valence-corrected chi connectivity index (χ3v) is 2.54. The van der Waals surface area contributed by atoms with Crippen LogP contribution in [0.15, 0.2) is 25.4 Å². The lowest BCUT2D eigenvalue weighted by atomic mass is 10.2. The SMILES string of the molecule is O=C1C2=C(Br)N=NC2=NCN1Br. The predicted molar refractivity (Wildman–Crippen MR) is 48.9 cm³/mol. The van der Waals surface area contributed by atoms with Gasteiger partial charge < -0.3 is 0 Å². The van der Waals surface area contributed by atoms with E-state index in [9.17, 15) is 4.79 Å². The van der Waals surface area contributed by atoms with Crippen molar-refractivity contribution in [2.24, 2.45) is 15.2 Å². The van der Waals surface area contributed by atoms with Crippen LogP contribution in [-0.2, 0) is 4.79 Å². The molecule has 2 rings (SSSR count). The molecule has 7 heteroatoms. The van der Waals surface area contributed by atoms with Crippen molar-refractivity contribution in [3.05, 3.63) is 10.2 Å². The van der Waals surface area contributed by atoms with E-state index < -0.39 is 0 Å². The van der Waals surface area contributed by atoms with E-state index in [1.54, 1.807) is 0 Å². The number of hydrogen-bond donors (Lipinski definition) is 0. The highest BCUT2D eigenvalue weighted by Gasteiger charge is 2.31. The molecule has 0 aromatic heterocycles. The number of rotatable bonds is 0. The number of aliphatic imine (C=N–C) groups is 1. The molecule has 0 aliphatic carbocycles. The largest absolute Gasteiger partial charge is 0.272 e. The highest BCUT2D eigenvalue weighted by molar-refractivity contribution is 9.11. The van der Waals surface area contributed by atoms with Crippen LogP contribution in [0.4, 0.5) is 0 Å². The van der Waals surface area contributed by atoms with Gasteiger partial charge in [0.2, 0.25) is 0 Å². The Morgan fingerprint density at radius 2 is 2.17 bits per heavy atom. The lowest BCUT2D eigenvalue weighted by Gasteiger charge is -2.16. The van der Waals surface area contributed by atoms with Crippen LogP contribution in [0.25, 0.3) is 0 Å². The molecule has 0 N–H and O–H groups in total. The molecule has 0 fully saturated rings. The van der Waals surface area contributed by atoms with Crippen molar-refractivity contribution in [1.29, 1.82) is 0 Å². The number of fused-ring (bicyclic) bond motifs is 1. The second kappa shape index (κ2) is 2.74. The number of azo groups is 1. The second-order valence-corrected chi connectivity index (χ2v) is 3.76. The van der Waals surface area contributed by atoms with Crippen molar-refractivity contribution in [3.8, 4) is 0 Å². The molecule has 0 aromatic carbocycles. The number of amides is 1. The first-order chi connectivity index (χ1) is 5.70. The van der Waals surface area contributed by atoms with Crippen molar-refractivity contribution < 1.29 is 4.79 Å². The quantitative estimate of drug-likeness (QED) is 0.494. The average Bonchev–Trinajstić information content (AvgIpc) is 2.41. The Kier molecular flexibility index (Phi) is 1.84. The van der Waals surface area contributed by atoms with E-state index in [4.69, 9.17) is 0 Å². The Bertz CT molecular complexity index is 345. The van der Waals surface area contributed by atoms with E-state index >= 15 is 0 Å². The van der Waals surface area contributed by atoms with Gasteiger partial charge in [0.05, 0.1) is 16.1 Å². The van der Waals surface area contributed by atoms with E-state index in [2.05, 4.69) is 47.3 Å². The zero-order chi connectivity index (χ0) is 8.72. The van der Waals surface area contributed by atoms with Crippen LogP contribution in [0.1, 0.15) is 0 Å². The summed E-state index contributed by atoms with van der Waals surface area (Å²) in [5, 5.41) is 7.40. The maximum absolute atomic E-state index is 11.4. The molecule has 0 bridgehead atoms. The van der Waals surface area contributed by atoms with Gasteiger partial charge in [-0.1, -0.05) is 0 Å². The minimum absolute atomic E-state index is 0.170. The van der Waals surface area contributed by atoms with E-state index in [0.717, 1.165) is 0 Å². The van der Waals surface area contributed by atoms with Gasteiger partial charge in [-0.2, -0.15) is 0 Å². The fraction of sp³-hybridized carbons (Fsp3) is 0.200. The number of carbonyl (C=O) groups excluding carboxylic acids is 1. The van der Waals surface area contributed by atoms with Crippen LogP contribution in [0.3, 0.4) is 0 Å². The Labute approximate surface area is 84.7 Å². The van der Waals surface area contributed by atoms with Crippen molar-refractivity contribution in [2.45, 2.75) is 0 Å². The molecule has 62 valence electrons. The summed E-state index contributed by atoms with van der Waals surface area (Å²) in [5.41, 5.74) is 0.415. The fourth-order valence-corrected chi connectivity index (χ4v) is 1.61. The van der Waals surface area contributed by atoms with Gasteiger partial charge in [-0.25, -0.2) is 4.99 Å². The fourth-order valence-electron chi connectivity index (χ4n) is 0.893. The summed E-state index contributed by atoms with van der Waals surface area (Å²) in [6.45, 7) is 0.275. The highest BCUT2D eigenvalue weighted by atomic mass is 79.9. The molecule has 0 aromatic rings. The zero-order valence-electron chi connectivity index (χ0n) is 5.66. The molecule has 0 unspecified atom stereocenters.